The predicted molar refractivity (Wildman–Crippen MR) is 140 cm³/mol. The first-order valence-electron chi connectivity index (χ1n) is 12.4. The van der Waals surface area contributed by atoms with E-state index in [2.05, 4.69) is 16.0 Å². The van der Waals surface area contributed by atoms with Crippen molar-refractivity contribution in [1.82, 2.24) is 16.0 Å². The van der Waals surface area contributed by atoms with Gasteiger partial charge in [-0.15, -0.1) is 0 Å². The van der Waals surface area contributed by atoms with E-state index in [4.69, 9.17) is 17.2 Å². The third kappa shape index (κ3) is 13.7. The van der Waals surface area contributed by atoms with Gasteiger partial charge in [-0.3, -0.25) is 14.4 Å². The number of hydrogen-bond acceptors (Lipinski definition) is 8. The van der Waals surface area contributed by atoms with Crippen molar-refractivity contribution in [3.05, 3.63) is 0 Å². The Morgan fingerprint density at radius 2 is 1.26 bits per heavy atom. The van der Waals surface area contributed by atoms with E-state index >= 15 is 0 Å². The summed E-state index contributed by atoms with van der Waals surface area (Å²) >= 11 is 1.48. The number of rotatable bonds is 20. The number of thioether (sulfide) groups is 1. The van der Waals surface area contributed by atoms with Gasteiger partial charge in [0.2, 0.25) is 17.7 Å². The van der Waals surface area contributed by atoms with Crippen LogP contribution >= 0.6 is 11.8 Å². The second-order valence-electron chi connectivity index (χ2n) is 8.78. The van der Waals surface area contributed by atoms with Gasteiger partial charge in [-0.2, -0.15) is 11.8 Å². The minimum atomic E-state index is -1.13. The maximum atomic E-state index is 13.2. The maximum Gasteiger partial charge on any atom is 0.326 e. The highest BCUT2D eigenvalue weighted by Crippen LogP contribution is 2.09. The summed E-state index contributed by atoms with van der Waals surface area (Å²) in [4.78, 5) is 50.3. The highest BCUT2D eigenvalue weighted by molar-refractivity contribution is 7.98. The monoisotopic (exact) mass is 518 g/mol. The van der Waals surface area contributed by atoms with Gasteiger partial charge in [0.05, 0.1) is 6.04 Å². The molecule has 0 aliphatic carbocycles. The van der Waals surface area contributed by atoms with Crippen molar-refractivity contribution < 1.29 is 24.3 Å². The van der Waals surface area contributed by atoms with Gasteiger partial charge in [-0.05, 0) is 76.0 Å². The molecule has 0 heterocycles. The van der Waals surface area contributed by atoms with E-state index < -0.39 is 47.9 Å². The fourth-order valence-electron chi connectivity index (χ4n) is 3.34. The van der Waals surface area contributed by atoms with E-state index in [-0.39, 0.29) is 12.3 Å². The van der Waals surface area contributed by atoms with Crippen LogP contribution in [0, 0.1) is 5.92 Å². The van der Waals surface area contributed by atoms with Crippen LogP contribution in [-0.4, -0.2) is 78.1 Å². The van der Waals surface area contributed by atoms with Crippen LogP contribution in [0.15, 0.2) is 0 Å². The average Bonchev–Trinajstić information content (AvgIpc) is 2.83. The number of nitrogens with two attached hydrogens (primary N) is 3. The maximum absolute atomic E-state index is 13.2. The van der Waals surface area contributed by atoms with Gasteiger partial charge in [-0.25, -0.2) is 4.79 Å². The summed E-state index contributed by atoms with van der Waals surface area (Å²) in [5.41, 5.74) is 17.2. The van der Waals surface area contributed by atoms with Crippen molar-refractivity contribution in [3.8, 4) is 0 Å². The van der Waals surface area contributed by atoms with Crippen molar-refractivity contribution in [2.75, 3.05) is 25.1 Å². The van der Waals surface area contributed by atoms with Gasteiger partial charge in [0.25, 0.3) is 0 Å². The number of carboxylic acids is 1. The van der Waals surface area contributed by atoms with Crippen molar-refractivity contribution in [1.29, 1.82) is 0 Å². The molecule has 0 saturated carbocycles. The van der Waals surface area contributed by atoms with E-state index in [9.17, 15) is 24.3 Å². The quantitative estimate of drug-likeness (QED) is 0.107. The van der Waals surface area contributed by atoms with Crippen LogP contribution in [0.5, 0.6) is 0 Å². The Labute approximate surface area is 213 Å². The minimum absolute atomic E-state index is 0.0632. The molecule has 0 bridgehead atoms. The van der Waals surface area contributed by atoms with Crippen LogP contribution in [0.4, 0.5) is 0 Å². The molecule has 0 radical (unpaired) electrons. The van der Waals surface area contributed by atoms with Gasteiger partial charge < -0.3 is 38.3 Å². The molecule has 204 valence electrons. The van der Waals surface area contributed by atoms with Crippen LogP contribution in [0.3, 0.4) is 0 Å². The Morgan fingerprint density at radius 1 is 0.800 bits per heavy atom. The fourth-order valence-corrected chi connectivity index (χ4v) is 3.81. The fraction of sp³-hybridized carbons (Fsp3) is 0.826. The number of amides is 3. The Hall–Kier alpha value is -1.89. The Balaban J connectivity index is 5.51. The van der Waals surface area contributed by atoms with Crippen LogP contribution in [-0.2, 0) is 19.2 Å². The second-order valence-corrected chi connectivity index (χ2v) is 9.77. The minimum Gasteiger partial charge on any atom is -0.480 e. The van der Waals surface area contributed by atoms with E-state index in [0.717, 1.165) is 0 Å². The molecule has 0 aromatic carbocycles. The number of hydrogen-bond donors (Lipinski definition) is 7. The molecule has 3 amide bonds. The van der Waals surface area contributed by atoms with E-state index in [1.165, 1.54) is 11.8 Å². The molecule has 35 heavy (non-hydrogen) atoms. The highest BCUT2D eigenvalue weighted by Gasteiger charge is 2.30. The number of aliphatic carboxylic acids is 1. The molecule has 0 aromatic rings. The first kappa shape index (κ1) is 33.1. The van der Waals surface area contributed by atoms with Crippen molar-refractivity contribution in [3.63, 3.8) is 0 Å². The summed E-state index contributed by atoms with van der Waals surface area (Å²) in [7, 11) is 0. The predicted octanol–water partition coefficient (Wildman–Crippen LogP) is -0.0901. The molecule has 10 N–H and O–H groups in total. The molecule has 0 aliphatic rings. The standard InChI is InChI=1S/C23H46N6O5S/c1-4-15(2)19(26)22(32)28-17(10-6-8-13-25)20(30)27-16(9-5-7-12-24)21(31)29-18(23(33)34)11-14-35-3/h15-19H,4-14,24-26H2,1-3H3,(H,27,30)(H,28,32)(H,29,31)(H,33,34). The summed E-state index contributed by atoms with van der Waals surface area (Å²) in [6.07, 6.45) is 5.95. The number of nitrogens with one attached hydrogen (secondary N) is 3. The molecule has 5 unspecified atom stereocenters. The lowest BCUT2D eigenvalue weighted by Gasteiger charge is -2.26. The van der Waals surface area contributed by atoms with Gasteiger partial charge in [0.15, 0.2) is 0 Å². The number of unbranched alkanes of at least 4 members (excludes halogenated alkanes) is 2. The molecule has 0 rings (SSSR count). The molecule has 0 spiro atoms. The van der Waals surface area contributed by atoms with Crippen molar-refractivity contribution in [2.45, 2.75) is 89.4 Å². The summed E-state index contributed by atoms with van der Waals surface area (Å²) < 4.78 is 0. The second kappa shape index (κ2) is 19.3. The summed E-state index contributed by atoms with van der Waals surface area (Å²) in [5, 5.41) is 17.4. The van der Waals surface area contributed by atoms with Gasteiger partial charge in [-0.1, -0.05) is 20.3 Å². The normalized spacial score (nSPS) is 15.4. The van der Waals surface area contributed by atoms with Crippen LogP contribution in [0.2, 0.25) is 0 Å². The Bertz CT molecular complexity index is 654. The molecule has 0 saturated heterocycles. The van der Waals surface area contributed by atoms with Crippen LogP contribution in [0.25, 0.3) is 0 Å². The molecule has 0 aliphatic heterocycles. The average molecular weight is 519 g/mol. The van der Waals surface area contributed by atoms with Gasteiger partial charge in [0, 0.05) is 0 Å². The lowest BCUT2D eigenvalue weighted by Crippen LogP contribution is -2.57. The van der Waals surface area contributed by atoms with Gasteiger partial charge in [0.1, 0.15) is 18.1 Å². The Morgan fingerprint density at radius 3 is 1.66 bits per heavy atom. The third-order valence-corrected chi connectivity index (χ3v) is 6.59. The largest absolute Gasteiger partial charge is 0.480 e. The van der Waals surface area contributed by atoms with Crippen LogP contribution in [0.1, 0.15) is 65.2 Å². The Kier molecular flexibility index (Phi) is 18.3. The molecule has 11 nitrogen and oxygen atoms in total. The third-order valence-electron chi connectivity index (χ3n) is 5.94. The zero-order valence-corrected chi connectivity index (χ0v) is 22.2. The lowest BCUT2D eigenvalue weighted by molar-refractivity contribution is -0.142. The smallest absolute Gasteiger partial charge is 0.326 e. The first-order chi connectivity index (χ1) is 16.6. The van der Waals surface area contributed by atoms with E-state index in [1.54, 1.807) is 0 Å². The molecule has 0 fully saturated rings. The van der Waals surface area contributed by atoms with E-state index in [0.29, 0.717) is 63.8 Å². The summed E-state index contributed by atoms with van der Waals surface area (Å²) in [5.74, 6) is -2.16. The number of carboxylic acid groups (broad SMARTS) is 1. The molecule has 12 heteroatoms. The molecule has 0 aromatic heterocycles. The van der Waals surface area contributed by atoms with Gasteiger partial charge >= 0.3 is 5.97 Å². The molecular weight excluding hydrogens is 472 g/mol. The number of carbonyl (C=O) groups excluding carboxylic acids is 3. The highest BCUT2D eigenvalue weighted by atomic mass is 32.2. The van der Waals surface area contributed by atoms with E-state index in [1.807, 2.05) is 20.1 Å². The first-order valence-corrected chi connectivity index (χ1v) is 13.8. The summed E-state index contributed by atoms with van der Waals surface area (Å²) in [6.45, 7) is 4.67. The zero-order valence-electron chi connectivity index (χ0n) is 21.4. The van der Waals surface area contributed by atoms with Crippen molar-refractivity contribution >= 4 is 35.5 Å². The lowest BCUT2D eigenvalue weighted by atomic mass is 9.98. The van der Waals surface area contributed by atoms with Crippen molar-refractivity contribution in [2.24, 2.45) is 23.1 Å². The molecular formula is C23H46N6O5S. The SMILES string of the molecule is CCC(C)C(N)C(=O)NC(CCCCN)C(=O)NC(CCCCN)C(=O)NC(CCSC)C(=O)O. The number of carbonyl (C=O) groups is 4. The van der Waals surface area contributed by atoms with Crippen LogP contribution < -0.4 is 33.2 Å². The molecule has 5 atom stereocenters. The topological polar surface area (TPSA) is 203 Å². The zero-order chi connectivity index (χ0) is 26.8. The summed E-state index contributed by atoms with van der Waals surface area (Å²) in [6, 6.07) is -3.67.